The molecule has 1 aliphatic rings. The average Bonchev–Trinajstić information content (AvgIpc) is 2.88. The first-order chi connectivity index (χ1) is 17.2. The lowest BCUT2D eigenvalue weighted by Crippen LogP contribution is -2.36. The molecule has 2 aromatic heterocycles. The largest absolute Gasteiger partial charge is 0.477 e. The van der Waals surface area contributed by atoms with E-state index >= 15 is 0 Å². The molecule has 0 aliphatic carbocycles. The summed E-state index contributed by atoms with van der Waals surface area (Å²) in [7, 11) is 3.81. The van der Waals surface area contributed by atoms with Crippen molar-refractivity contribution < 1.29 is 14.6 Å². The number of carbonyl (C=O) groups is 1. The van der Waals surface area contributed by atoms with E-state index in [1.54, 1.807) is 6.20 Å². The first-order valence-corrected chi connectivity index (χ1v) is 11.9. The number of aromatic carboxylic acids is 1. The van der Waals surface area contributed by atoms with E-state index in [9.17, 15) is 9.90 Å². The predicted molar refractivity (Wildman–Crippen MR) is 143 cm³/mol. The molecule has 3 aromatic rings. The first-order valence-electron chi connectivity index (χ1n) is 11.9. The Labute approximate surface area is 211 Å². The van der Waals surface area contributed by atoms with Crippen LogP contribution in [0, 0.1) is 11.3 Å². The van der Waals surface area contributed by atoms with Crippen LogP contribution in [0.15, 0.2) is 48.7 Å². The summed E-state index contributed by atoms with van der Waals surface area (Å²) in [6.07, 6.45) is 1.70. The second kappa shape index (κ2) is 10.7. The standard InChI is InChI=1S/C27H32N6O3/c1-17(2)25(28)24-21(18-8-9-23(29-16-18)32(3)4)15-22(27(34)35)31-26(24)30-19-6-5-7-20(14-19)33-10-12-36-13-11-33/h5-9,14-17,28H,10-13H2,1-4H3,(H,30,31)(H,34,35). The number of anilines is 4. The van der Waals surface area contributed by atoms with Crippen molar-refractivity contribution in [3.8, 4) is 11.1 Å². The van der Waals surface area contributed by atoms with Crippen LogP contribution < -0.4 is 15.1 Å². The van der Waals surface area contributed by atoms with Crippen molar-refractivity contribution in [1.29, 1.82) is 5.41 Å². The number of nitrogens with one attached hydrogen (secondary N) is 2. The van der Waals surface area contributed by atoms with E-state index in [4.69, 9.17) is 10.1 Å². The normalized spacial score (nSPS) is 13.5. The third-order valence-corrected chi connectivity index (χ3v) is 6.09. The summed E-state index contributed by atoms with van der Waals surface area (Å²) < 4.78 is 5.47. The number of carboxylic acids is 1. The fourth-order valence-electron chi connectivity index (χ4n) is 4.08. The van der Waals surface area contributed by atoms with Crippen LogP contribution in [0.25, 0.3) is 11.1 Å². The van der Waals surface area contributed by atoms with Crippen molar-refractivity contribution in [2.75, 3.05) is 55.5 Å². The van der Waals surface area contributed by atoms with Crippen molar-refractivity contribution in [1.82, 2.24) is 9.97 Å². The van der Waals surface area contributed by atoms with E-state index in [0.717, 1.165) is 35.8 Å². The topological polar surface area (TPSA) is 115 Å². The van der Waals surface area contributed by atoms with Crippen molar-refractivity contribution in [2.24, 2.45) is 5.92 Å². The van der Waals surface area contributed by atoms with Gasteiger partial charge in [-0.3, -0.25) is 0 Å². The summed E-state index contributed by atoms with van der Waals surface area (Å²) in [5.74, 6) is -0.123. The Hall–Kier alpha value is -3.98. The zero-order valence-electron chi connectivity index (χ0n) is 21.1. The number of hydrogen-bond donors (Lipinski definition) is 3. The number of hydrogen-bond acceptors (Lipinski definition) is 8. The molecule has 3 N–H and O–H groups in total. The van der Waals surface area contributed by atoms with Crippen LogP contribution in [-0.2, 0) is 4.74 Å². The quantitative estimate of drug-likeness (QED) is 0.397. The molecule has 1 fully saturated rings. The number of rotatable bonds is 8. The summed E-state index contributed by atoms with van der Waals surface area (Å²) >= 11 is 0. The third kappa shape index (κ3) is 5.46. The molecule has 9 nitrogen and oxygen atoms in total. The molecule has 0 unspecified atom stereocenters. The second-order valence-corrected chi connectivity index (χ2v) is 9.23. The second-order valence-electron chi connectivity index (χ2n) is 9.23. The van der Waals surface area contributed by atoms with Crippen LogP contribution in [-0.4, -0.2) is 67.2 Å². The number of ether oxygens (including phenoxy) is 1. The van der Waals surface area contributed by atoms with Gasteiger partial charge in [-0.05, 0) is 47.9 Å². The minimum absolute atomic E-state index is 0.101. The minimum atomic E-state index is -1.14. The van der Waals surface area contributed by atoms with Gasteiger partial charge in [-0.1, -0.05) is 19.9 Å². The highest BCUT2D eigenvalue weighted by Gasteiger charge is 2.23. The Morgan fingerprint density at radius 3 is 2.53 bits per heavy atom. The van der Waals surface area contributed by atoms with Gasteiger partial charge < -0.3 is 30.4 Å². The Kier molecular flexibility index (Phi) is 7.49. The van der Waals surface area contributed by atoms with E-state index in [2.05, 4.69) is 20.2 Å². The molecule has 188 valence electrons. The van der Waals surface area contributed by atoms with Crippen LogP contribution in [0.3, 0.4) is 0 Å². The SMILES string of the molecule is CC(C)C(=N)c1c(-c2ccc(N(C)C)nc2)cc(C(=O)O)nc1Nc1cccc(N2CCOCC2)c1. The van der Waals surface area contributed by atoms with Gasteiger partial charge in [0.05, 0.1) is 13.2 Å². The maximum absolute atomic E-state index is 12.0. The molecule has 0 spiro atoms. The molecule has 0 bridgehead atoms. The number of aromatic nitrogens is 2. The Morgan fingerprint density at radius 1 is 1.17 bits per heavy atom. The van der Waals surface area contributed by atoms with Crippen LogP contribution in [0.5, 0.6) is 0 Å². The zero-order valence-corrected chi connectivity index (χ0v) is 21.1. The Morgan fingerprint density at radius 2 is 1.92 bits per heavy atom. The summed E-state index contributed by atoms with van der Waals surface area (Å²) in [6, 6.07) is 13.2. The molecule has 1 saturated heterocycles. The number of benzene rings is 1. The first kappa shape index (κ1) is 25.1. The fraction of sp³-hybridized carbons (Fsp3) is 0.333. The van der Waals surface area contributed by atoms with E-state index in [1.165, 1.54) is 6.07 Å². The fourth-order valence-corrected chi connectivity index (χ4v) is 4.08. The average molecular weight is 489 g/mol. The molecule has 3 heterocycles. The summed E-state index contributed by atoms with van der Waals surface area (Å²) in [5, 5.41) is 22.0. The van der Waals surface area contributed by atoms with Gasteiger partial charge in [0.1, 0.15) is 11.6 Å². The summed E-state index contributed by atoms with van der Waals surface area (Å²) in [5.41, 5.74) is 3.94. The lowest BCUT2D eigenvalue weighted by Gasteiger charge is -2.29. The van der Waals surface area contributed by atoms with E-state index in [-0.39, 0.29) is 11.6 Å². The van der Waals surface area contributed by atoms with Gasteiger partial charge in [-0.25, -0.2) is 14.8 Å². The third-order valence-electron chi connectivity index (χ3n) is 6.09. The number of pyridine rings is 2. The van der Waals surface area contributed by atoms with Crippen molar-refractivity contribution in [3.05, 3.63) is 59.9 Å². The maximum atomic E-state index is 12.0. The van der Waals surface area contributed by atoms with Crippen LogP contribution in [0.2, 0.25) is 0 Å². The molecular formula is C27H32N6O3. The van der Waals surface area contributed by atoms with Gasteiger partial charge in [0, 0.05) is 61.6 Å². The van der Waals surface area contributed by atoms with Gasteiger partial charge in [-0.2, -0.15) is 0 Å². The molecule has 1 aliphatic heterocycles. The summed E-state index contributed by atoms with van der Waals surface area (Å²) in [6.45, 7) is 6.85. The van der Waals surface area contributed by atoms with Crippen molar-refractivity contribution in [3.63, 3.8) is 0 Å². The maximum Gasteiger partial charge on any atom is 0.354 e. The van der Waals surface area contributed by atoms with Crippen LogP contribution in [0.4, 0.5) is 23.0 Å². The monoisotopic (exact) mass is 488 g/mol. The zero-order chi connectivity index (χ0) is 25.8. The van der Waals surface area contributed by atoms with Crippen LogP contribution >= 0.6 is 0 Å². The van der Waals surface area contributed by atoms with Crippen molar-refractivity contribution >= 4 is 34.7 Å². The molecule has 0 amide bonds. The Balaban J connectivity index is 1.83. The molecule has 4 rings (SSSR count). The van der Waals surface area contributed by atoms with Gasteiger partial charge in [-0.15, -0.1) is 0 Å². The van der Waals surface area contributed by atoms with E-state index in [0.29, 0.717) is 35.9 Å². The lowest BCUT2D eigenvalue weighted by molar-refractivity contribution is 0.0690. The Bertz CT molecular complexity index is 1250. The molecule has 0 radical (unpaired) electrons. The van der Waals surface area contributed by atoms with E-state index in [1.807, 2.05) is 69.2 Å². The molecule has 1 aromatic carbocycles. The highest BCUT2D eigenvalue weighted by molar-refractivity contribution is 6.10. The predicted octanol–water partition coefficient (Wildman–Crippen LogP) is 4.51. The smallest absolute Gasteiger partial charge is 0.354 e. The van der Waals surface area contributed by atoms with Gasteiger partial charge >= 0.3 is 5.97 Å². The molecule has 9 heteroatoms. The van der Waals surface area contributed by atoms with Crippen molar-refractivity contribution in [2.45, 2.75) is 13.8 Å². The van der Waals surface area contributed by atoms with Gasteiger partial charge in [0.2, 0.25) is 0 Å². The number of morpholine rings is 1. The molecule has 0 saturated carbocycles. The van der Waals surface area contributed by atoms with Gasteiger partial charge in [0.25, 0.3) is 0 Å². The highest BCUT2D eigenvalue weighted by atomic mass is 16.5. The highest BCUT2D eigenvalue weighted by Crippen LogP contribution is 2.34. The van der Waals surface area contributed by atoms with Crippen LogP contribution in [0.1, 0.15) is 29.9 Å². The molecule has 36 heavy (non-hydrogen) atoms. The van der Waals surface area contributed by atoms with Gasteiger partial charge in [0.15, 0.2) is 5.69 Å². The number of carboxylic acid groups (broad SMARTS) is 1. The van der Waals surface area contributed by atoms with E-state index < -0.39 is 5.97 Å². The number of nitrogens with zero attached hydrogens (tertiary/aromatic N) is 4. The minimum Gasteiger partial charge on any atom is -0.477 e. The lowest BCUT2D eigenvalue weighted by atomic mass is 9.92. The summed E-state index contributed by atoms with van der Waals surface area (Å²) in [4.78, 5) is 25.1. The molecular weight excluding hydrogens is 456 g/mol. The molecule has 0 atom stereocenters.